The van der Waals surface area contributed by atoms with E-state index in [1.807, 2.05) is 0 Å². The zero-order valence-corrected chi connectivity index (χ0v) is 8.91. The Morgan fingerprint density at radius 2 is 2.42 bits per heavy atom. The van der Waals surface area contributed by atoms with Gasteiger partial charge in [0.05, 0.1) is 12.2 Å². The molecule has 1 aromatic heterocycles. The fourth-order valence-electron chi connectivity index (χ4n) is 1.41. The van der Waals surface area contributed by atoms with Crippen molar-refractivity contribution in [1.29, 1.82) is 0 Å². The van der Waals surface area contributed by atoms with E-state index in [4.69, 9.17) is 0 Å². The van der Waals surface area contributed by atoms with Gasteiger partial charge in [-0.15, -0.1) is 12.4 Å². The van der Waals surface area contributed by atoms with E-state index in [-0.39, 0.29) is 12.4 Å². The van der Waals surface area contributed by atoms with E-state index in [1.165, 1.54) is 12.8 Å². The van der Waals surface area contributed by atoms with Gasteiger partial charge in [0.15, 0.2) is 0 Å². The molecule has 1 atom stereocenters. The van der Waals surface area contributed by atoms with Crippen LogP contribution < -0.4 is 5.32 Å². The largest absolute Gasteiger partial charge is 0.335 e. The molecule has 0 aliphatic carbocycles. The van der Waals surface area contributed by atoms with Crippen molar-refractivity contribution in [3.05, 3.63) is 16.6 Å². The summed E-state index contributed by atoms with van der Waals surface area (Å²) in [5, 5.41) is 3.37. The van der Waals surface area contributed by atoms with Crippen LogP contribution in [0, 0.1) is 0 Å². The first-order valence-corrected chi connectivity index (χ1v) is 4.59. The second-order valence-electron chi connectivity index (χ2n) is 2.77. The Morgan fingerprint density at radius 3 is 2.92 bits per heavy atom. The molecule has 5 heteroatoms. The molecule has 1 aliphatic heterocycles. The molecule has 3 nitrogen and oxygen atoms in total. The molecule has 2 N–H and O–H groups in total. The van der Waals surface area contributed by atoms with E-state index in [1.54, 1.807) is 6.20 Å². The van der Waals surface area contributed by atoms with E-state index < -0.39 is 0 Å². The van der Waals surface area contributed by atoms with Gasteiger partial charge in [-0.2, -0.15) is 0 Å². The van der Waals surface area contributed by atoms with Crippen molar-refractivity contribution < 1.29 is 0 Å². The van der Waals surface area contributed by atoms with E-state index in [0.717, 1.165) is 17.0 Å². The monoisotopic (exact) mass is 251 g/mol. The van der Waals surface area contributed by atoms with Crippen molar-refractivity contribution in [2.45, 2.75) is 18.9 Å². The van der Waals surface area contributed by atoms with Gasteiger partial charge in [-0.1, -0.05) is 0 Å². The highest BCUT2D eigenvalue weighted by Gasteiger charge is 2.18. The van der Waals surface area contributed by atoms with Crippen LogP contribution in [0.4, 0.5) is 0 Å². The minimum atomic E-state index is 0. The van der Waals surface area contributed by atoms with E-state index >= 15 is 0 Å². The molecule has 2 heterocycles. The standard InChI is InChI=1S/C7H10BrN3.ClH/c8-6-4-10-7(11-6)5-2-1-3-9-5;/h4-5,9H,1-3H2,(H,10,11);1H. The summed E-state index contributed by atoms with van der Waals surface area (Å²) in [5.74, 6) is 1.05. The number of hydrogen-bond donors (Lipinski definition) is 2. The van der Waals surface area contributed by atoms with Crippen LogP contribution in [0.2, 0.25) is 0 Å². The average Bonchev–Trinajstić information content (AvgIpc) is 2.55. The minimum absolute atomic E-state index is 0. The zero-order chi connectivity index (χ0) is 7.68. The summed E-state index contributed by atoms with van der Waals surface area (Å²) in [5.41, 5.74) is 0. The summed E-state index contributed by atoms with van der Waals surface area (Å²) in [6.07, 6.45) is 4.25. The first kappa shape index (κ1) is 10.0. The summed E-state index contributed by atoms with van der Waals surface area (Å²) in [6, 6.07) is 0.446. The summed E-state index contributed by atoms with van der Waals surface area (Å²) < 4.78 is 0.959. The second-order valence-corrected chi connectivity index (χ2v) is 3.62. The number of nitrogens with one attached hydrogen (secondary N) is 2. The van der Waals surface area contributed by atoms with Gasteiger partial charge in [0.2, 0.25) is 0 Å². The number of aromatic amines is 1. The fraction of sp³-hybridized carbons (Fsp3) is 0.571. The highest BCUT2D eigenvalue weighted by molar-refractivity contribution is 9.10. The minimum Gasteiger partial charge on any atom is -0.335 e. The zero-order valence-electron chi connectivity index (χ0n) is 6.51. The van der Waals surface area contributed by atoms with Gasteiger partial charge in [0.25, 0.3) is 0 Å². The molecule has 1 unspecified atom stereocenters. The summed E-state index contributed by atoms with van der Waals surface area (Å²) in [6.45, 7) is 1.11. The van der Waals surface area contributed by atoms with Gasteiger partial charge in [0.1, 0.15) is 10.4 Å². The maximum absolute atomic E-state index is 4.23. The van der Waals surface area contributed by atoms with Crippen LogP contribution in [0.25, 0.3) is 0 Å². The Balaban J connectivity index is 0.000000720. The summed E-state index contributed by atoms with van der Waals surface area (Å²) >= 11 is 3.33. The Morgan fingerprint density at radius 1 is 1.58 bits per heavy atom. The Kier molecular flexibility index (Phi) is 3.55. The molecule has 0 saturated carbocycles. The van der Waals surface area contributed by atoms with Crippen molar-refractivity contribution in [3.63, 3.8) is 0 Å². The van der Waals surface area contributed by atoms with Crippen molar-refractivity contribution in [2.75, 3.05) is 6.54 Å². The Labute approximate surface area is 85.9 Å². The molecule has 0 amide bonds. The van der Waals surface area contributed by atoms with Crippen LogP contribution in [0.5, 0.6) is 0 Å². The second kappa shape index (κ2) is 4.25. The summed E-state index contributed by atoms with van der Waals surface area (Å²) in [4.78, 5) is 7.39. The molecule has 0 spiro atoms. The number of aromatic nitrogens is 2. The maximum atomic E-state index is 4.23. The topological polar surface area (TPSA) is 40.7 Å². The number of H-pyrrole nitrogens is 1. The lowest BCUT2D eigenvalue weighted by Crippen LogP contribution is -2.13. The lowest BCUT2D eigenvalue weighted by molar-refractivity contribution is 0.612. The highest BCUT2D eigenvalue weighted by Crippen LogP contribution is 2.21. The molecule has 0 radical (unpaired) electrons. The molecule has 1 fully saturated rings. The van der Waals surface area contributed by atoms with E-state index in [0.29, 0.717) is 6.04 Å². The van der Waals surface area contributed by atoms with Crippen LogP contribution >= 0.6 is 28.3 Å². The number of hydrogen-bond acceptors (Lipinski definition) is 2. The van der Waals surface area contributed by atoms with Crippen molar-refractivity contribution in [2.24, 2.45) is 0 Å². The third-order valence-corrected chi connectivity index (χ3v) is 2.36. The maximum Gasteiger partial charge on any atom is 0.124 e. The van der Waals surface area contributed by atoms with Gasteiger partial charge in [-0.25, -0.2) is 4.98 Å². The number of halogens is 2. The van der Waals surface area contributed by atoms with Gasteiger partial charge in [-0.05, 0) is 35.3 Å². The lowest BCUT2D eigenvalue weighted by Gasteiger charge is -2.04. The predicted molar refractivity (Wildman–Crippen MR) is 53.5 cm³/mol. The van der Waals surface area contributed by atoms with Crippen molar-refractivity contribution in [1.82, 2.24) is 15.3 Å². The molecule has 1 saturated heterocycles. The van der Waals surface area contributed by atoms with Crippen LogP contribution in [0.3, 0.4) is 0 Å². The van der Waals surface area contributed by atoms with E-state index in [2.05, 4.69) is 31.2 Å². The number of rotatable bonds is 1. The first-order valence-electron chi connectivity index (χ1n) is 3.80. The van der Waals surface area contributed by atoms with Crippen LogP contribution in [0.15, 0.2) is 10.8 Å². The quantitative estimate of drug-likeness (QED) is 0.803. The van der Waals surface area contributed by atoms with E-state index in [9.17, 15) is 0 Å². The van der Waals surface area contributed by atoms with Crippen molar-refractivity contribution in [3.8, 4) is 0 Å². The predicted octanol–water partition coefficient (Wildman–Crippen LogP) is 2.02. The molecule has 1 aliphatic rings. The van der Waals surface area contributed by atoms with Gasteiger partial charge >= 0.3 is 0 Å². The Bertz CT molecular complexity index is 245. The first-order chi connectivity index (χ1) is 5.36. The molecular weight excluding hydrogens is 241 g/mol. The van der Waals surface area contributed by atoms with Gasteiger partial charge in [-0.3, -0.25) is 0 Å². The third-order valence-electron chi connectivity index (χ3n) is 1.95. The van der Waals surface area contributed by atoms with Crippen LogP contribution in [0.1, 0.15) is 24.7 Å². The molecule has 68 valence electrons. The normalized spacial score (nSPS) is 22.2. The average molecular weight is 253 g/mol. The SMILES string of the molecule is Brc1cnc(C2CCCN2)[nH]1.Cl. The molecule has 0 bridgehead atoms. The lowest BCUT2D eigenvalue weighted by atomic mass is 10.2. The Hall–Kier alpha value is -0.0600. The fourth-order valence-corrected chi connectivity index (χ4v) is 1.71. The number of nitrogens with zero attached hydrogens (tertiary/aromatic N) is 1. The van der Waals surface area contributed by atoms with Crippen molar-refractivity contribution >= 4 is 28.3 Å². The summed E-state index contributed by atoms with van der Waals surface area (Å²) in [7, 11) is 0. The molecular formula is C7H11BrClN3. The smallest absolute Gasteiger partial charge is 0.124 e. The van der Waals surface area contributed by atoms with Gasteiger partial charge < -0.3 is 10.3 Å². The molecule has 12 heavy (non-hydrogen) atoms. The molecule has 0 aromatic carbocycles. The van der Waals surface area contributed by atoms with Crippen LogP contribution in [-0.2, 0) is 0 Å². The third kappa shape index (κ3) is 2.00. The molecule has 1 aromatic rings. The molecule has 2 rings (SSSR count). The highest BCUT2D eigenvalue weighted by atomic mass is 79.9. The van der Waals surface area contributed by atoms with Crippen LogP contribution in [-0.4, -0.2) is 16.5 Å². The number of imidazole rings is 1. The van der Waals surface area contributed by atoms with Gasteiger partial charge in [0, 0.05) is 0 Å².